The van der Waals surface area contributed by atoms with Gasteiger partial charge in [-0.25, -0.2) is 4.99 Å². The van der Waals surface area contributed by atoms with Crippen LogP contribution in [0.5, 0.6) is 17.2 Å². The Hall–Kier alpha value is -2.89. The van der Waals surface area contributed by atoms with Gasteiger partial charge in [-0.15, -0.1) is 0 Å². The second kappa shape index (κ2) is 11.7. The lowest BCUT2D eigenvalue weighted by atomic mass is 10.1. The van der Waals surface area contributed by atoms with Crippen molar-refractivity contribution in [1.29, 1.82) is 0 Å². The van der Waals surface area contributed by atoms with Gasteiger partial charge in [-0.3, -0.25) is 0 Å². The molecule has 0 atom stereocenters. The Morgan fingerprint density at radius 3 is 2.18 bits per heavy atom. The molecule has 0 amide bonds. The normalized spacial score (nSPS) is 11.1. The summed E-state index contributed by atoms with van der Waals surface area (Å²) in [5.41, 5.74) is 2.28. The number of rotatable bonds is 10. The van der Waals surface area contributed by atoms with Crippen LogP contribution in [0, 0.1) is 0 Å². The molecule has 2 aromatic carbocycles. The highest BCUT2D eigenvalue weighted by Gasteiger charge is 2.13. The highest BCUT2D eigenvalue weighted by Crippen LogP contribution is 2.38. The minimum atomic E-state index is 0.500. The topological polar surface area (TPSA) is 64.1 Å². The van der Waals surface area contributed by atoms with Crippen molar-refractivity contribution < 1.29 is 14.2 Å². The molecule has 0 spiro atoms. The van der Waals surface area contributed by atoms with Gasteiger partial charge in [0.1, 0.15) is 0 Å². The molecule has 0 fully saturated rings. The highest BCUT2D eigenvalue weighted by molar-refractivity contribution is 5.79. The first-order valence-electron chi connectivity index (χ1n) is 9.65. The van der Waals surface area contributed by atoms with Gasteiger partial charge in [0.05, 0.1) is 27.4 Å². The van der Waals surface area contributed by atoms with Crippen LogP contribution in [0.1, 0.15) is 25.0 Å². The lowest BCUT2D eigenvalue weighted by Gasteiger charge is -2.15. The number of benzene rings is 2. The van der Waals surface area contributed by atoms with Crippen molar-refractivity contribution in [2.75, 3.05) is 33.9 Å². The molecule has 2 N–H and O–H groups in total. The standard InChI is InChI=1S/C22H31N3O3/c1-5-23-22(24-13-12-17-10-8-7-9-11-17)25-16-18-14-19(26-3)21(28-6-2)20(15-18)27-4/h7-11,14-15H,5-6,12-13,16H2,1-4H3,(H2,23,24,25). The summed E-state index contributed by atoms with van der Waals surface area (Å²) in [6.07, 6.45) is 0.940. The van der Waals surface area contributed by atoms with Crippen LogP contribution in [0.2, 0.25) is 0 Å². The summed E-state index contributed by atoms with van der Waals surface area (Å²) < 4.78 is 16.6. The molecule has 0 saturated carbocycles. The monoisotopic (exact) mass is 385 g/mol. The fourth-order valence-electron chi connectivity index (χ4n) is 2.79. The summed E-state index contributed by atoms with van der Waals surface area (Å²) in [7, 11) is 3.25. The summed E-state index contributed by atoms with van der Waals surface area (Å²) in [6, 6.07) is 14.3. The minimum absolute atomic E-state index is 0.500. The van der Waals surface area contributed by atoms with E-state index in [1.165, 1.54) is 5.56 Å². The molecule has 6 nitrogen and oxygen atoms in total. The maximum atomic E-state index is 5.65. The molecular weight excluding hydrogens is 354 g/mol. The number of methoxy groups -OCH3 is 2. The predicted molar refractivity (Wildman–Crippen MR) is 114 cm³/mol. The van der Waals surface area contributed by atoms with Crippen LogP contribution >= 0.6 is 0 Å². The summed E-state index contributed by atoms with van der Waals surface area (Å²) >= 11 is 0. The maximum Gasteiger partial charge on any atom is 0.203 e. The van der Waals surface area contributed by atoms with Crippen LogP contribution in [0.15, 0.2) is 47.5 Å². The SMILES string of the molecule is CCNC(=NCc1cc(OC)c(OCC)c(OC)c1)NCCc1ccccc1. The Kier molecular flexibility index (Phi) is 8.98. The van der Waals surface area contributed by atoms with Gasteiger partial charge < -0.3 is 24.8 Å². The molecule has 0 aromatic heterocycles. The van der Waals surface area contributed by atoms with Gasteiger partial charge >= 0.3 is 0 Å². The Bertz CT molecular complexity index is 723. The molecule has 28 heavy (non-hydrogen) atoms. The van der Waals surface area contributed by atoms with Crippen LogP contribution in [0.25, 0.3) is 0 Å². The lowest BCUT2D eigenvalue weighted by molar-refractivity contribution is 0.288. The Morgan fingerprint density at radius 1 is 0.929 bits per heavy atom. The van der Waals surface area contributed by atoms with Gasteiger partial charge in [-0.1, -0.05) is 30.3 Å². The van der Waals surface area contributed by atoms with Gasteiger partial charge in [0, 0.05) is 13.1 Å². The van der Waals surface area contributed by atoms with Crippen LogP contribution in [-0.4, -0.2) is 39.9 Å². The van der Waals surface area contributed by atoms with Crippen LogP contribution in [-0.2, 0) is 13.0 Å². The summed E-state index contributed by atoms with van der Waals surface area (Å²) in [5.74, 6) is 2.69. The van der Waals surface area contributed by atoms with Gasteiger partial charge in [-0.05, 0) is 43.5 Å². The predicted octanol–water partition coefficient (Wildman–Crippen LogP) is 3.40. The first kappa shape index (κ1) is 21.4. The Morgan fingerprint density at radius 2 is 1.61 bits per heavy atom. The van der Waals surface area contributed by atoms with Gasteiger partial charge in [0.15, 0.2) is 17.5 Å². The molecule has 0 aliphatic heterocycles. The van der Waals surface area contributed by atoms with Crippen molar-refractivity contribution >= 4 is 5.96 Å². The zero-order valence-corrected chi connectivity index (χ0v) is 17.2. The van der Waals surface area contributed by atoms with Crippen molar-refractivity contribution in [2.24, 2.45) is 4.99 Å². The number of ether oxygens (including phenoxy) is 3. The second-order valence-corrected chi connectivity index (χ2v) is 6.12. The minimum Gasteiger partial charge on any atom is -0.493 e. The summed E-state index contributed by atoms with van der Waals surface area (Å²) in [6.45, 7) is 6.64. The van der Waals surface area contributed by atoms with E-state index in [-0.39, 0.29) is 0 Å². The van der Waals surface area contributed by atoms with E-state index in [2.05, 4.69) is 46.8 Å². The highest BCUT2D eigenvalue weighted by atomic mass is 16.5. The molecule has 0 unspecified atom stereocenters. The van der Waals surface area contributed by atoms with E-state index < -0.39 is 0 Å². The molecule has 0 heterocycles. The van der Waals surface area contributed by atoms with Crippen LogP contribution in [0.4, 0.5) is 0 Å². The molecule has 0 radical (unpaired) electrons. The number of nitrogens with zero attached hydrogens (tertiary/aromatic N) is 1. The van der Waals surface area contributed by atoms with E-state index in [0.717, 1.165) is 31.0 Å². The molecule has 0 bridgehead atoms. The Balaban J connectivity index is 2.06. The third kappa shape index (κ3) is 6.37. The zero-order valence-electron chi connectivity index (χ0n) is 17.2. The van der Waals surface area contributed by atoms with Crippen LogP contribution in [0.3, 0.4) is 0 Å². The van der Waals surface area contributed by atoms with Gasteiger partial charge in [0.25, 0.3) is 0 Å². The summed E-state index contributed by atoms with van der Waals surface area (Å²) in [5, 5.41) is 6.66. The van der Waals surface area contributed by atoms with Crippen molar-refractivity contribution in [3.63, 3.8) is 0 Å². The zero-order chi connectivity index (χ0) is 20.2. The third-order valence-corrected chi connectivity index (χ3v) is 4.12. The lowest BCUT2D eigenvalue weighted by Crippen LogP contribution is -2.38. The molecule has 0 aliphatic rings. The summed E-state index contributed by atoms with van der Waals surface area (Å²) in [4.78, 5) is 4.68. The van der Waals surface area contributed by atoms with E-state index in [9.17, 15) is 0 Å². The van der Waals surface area contributed by atoms with Crippen LogP contribution < -0.4 is 24.8 Å². The molecule has 0 aliphatic carbocycles. The molecule has 152 valence electrons. The first-order valence-corrected chi connectivity index (χ1v) is 9.65. The van der Waals surface area contributed by atoms with Crippen molar-refractivity contribution in [3.05, 3.63) is 53.6 Å². The largest absolute Gasteiger partial charge is 0.493 e. The number of hydrogen-bond donors (Lipinski definition) is 2. The maximum absolute atomic E-state index is 5.65. The molecule has 6 heteroatoms. The molecular formula is C22H31N3O3. The smallest absolute Gasteiger partial charge is 0.203 e. The van der Waals surface area contributed by atoms with Gasteiger partial charge in [-0.2, -0.15) is 0 Å². The number of hydrogen-bond acceptors (Lipinski definition) is 4. The average molecular weight is 386 g/mol. The Labute approximate surface area is 167 Å². The fourth-order valence-corrected chi connectivity index (χ4v) is 2.79. The second-order valence-electron chi connectivity index (χ2n) is 6.12. The van der Waals surface area contributed by atoms with E-state index in [1.54, 1.807) is 14.2 Å². The van der Waals surface area contributed by atoms with Gasteiger partial charge in [0.2, 0.25) is 5.75 Å². The fraction of sp³-hybridized carbons (Fsp3) is 0.409. The average Bonchev–Trinajstić information content (AvgIpc) is 2.73. The van der Waals surface area contributed by atoms with E-state index in [1.807, 2.05) is 25.1 Å². The van der Waals surface area contributed by atoms with Crippen molar-refractivity contribution in [3.8, 4) is 17.2 Å². The van der Waals surface area contributed by atoms with Crippen molar-refractivity contribution in [1.82, 2.24) is 10.6 Å². The number of nitrogens with one attached hydrogen (secondary N) is 2. The molecule has 2 rings (SSSR count). The van der Waals surface area contributed by atoms with E-state index >= 15 is 0 Å². The first-order chi connectivity index (χ1) is 13.7. The van der Waals surface area contributed by atoms with E-state index in [0.29, 0.717) is 30.4 Å². The third-order valence-electron chi connectivity index (χ3n) is 4.12. The van der Waals surface area contributed by atoms with E-state index in [4.69, 9.17) is 14.2 Å². The molecule has 0 saturated heterocycles. The molecule has 2 aromatic rings. The number of aliphatic imine (C=N–C) groups is 1. The van der Waals surface area contributed by atoms with Crippen molar-refractivity contribution in [2.45, 2.75) is 26.8 Å². The number of guanidine groups is 1. The quantitative estimate of drug-likeness (QED) is 0.485.